The van der Waals surface area contributed by atoms with Gasteiger partial charge in [0.1, 0.15) is 0 Å². The highest BCUT2D eigenvalue weighted by atomic mass is 14.4. The summed E-state index contributed by atoms with van der Waals surface area (Å²) in [5.41, 5.74) is 0. The SMILES string of the molecule is CC(C#N)C1CC1C. The fourth-order valence-corrected chi connectivity index (χ4v) is 1.14. The molecular weight excluding hydrogens is 98.1 g/mol. The molecule has 0 bridgehead atoms. The van der Waals surface area contributed by atoms with Gasteiger partial charge in [0.05, 0.1) is 6.07 Å². The highest BCUT2D eigenvalue weighted by molar-refractivity contribution is 4.95. The Morgan fingerprint density at radius 3 is 2.38 bits per heavy atom. The first kappa shape index (κ1) is 5.62. The number of nitrogens with zero attached hydrogens (tertiary/aromatic N) is 1. The minimum absolute atomic E-state index is 0.296. The second-order valence-electron chi connectivity index (χ2n) is 2.79. The van der Waals surface area contributed by atoms with Crippen LogP contribution in [0.4, 0.5) is 0 Å². The first-order valence-corrected chi connectivity index (χ1v) is 3.15. The Morgan fingerprint density at radius 2 is 2.25 bits per heavy atom. The summed E-state index contributed by atoms with van der Waals surface area (Å²) in [6.45, 7) is 4.21. The molecule has 0 heterocycles. The van der Waals surface area contributed by atoms with Crippen LogP contribution in [0.2, 0.25) is 0 Å². The lowest BCUT2D eigenvalue weighted by atomic mass is 10.1. The quantitative estimate of drug-likeness (QED) is 0.503. The van der Waals surface area contributed by atoms with E-state index in [-0.39, 0.29) is 0 Å². The Kier molecular flexibility index (Phi) is 1.25. The average Bonchev–Trinajstić information content (AvgIpc) is 2.45. The van der Waals surface area contributed by atoms with Gasteiger partial charge in [0, 0.05) is 5.92 Å². The summed E-state index contributed by atoms with van der Waals surface area (Å²) in [6.07, 6.45) is 1.27. The van der Waals surface area contributed by atoms with Crippen LogP contribution in [0.15, 0.2) is 0 Å². The summed E-state index contributed by atoms with van der Waals surface area (Å²) in [7, 11) is 0. The van der Waals surface area contributed by atoms with Crippen molar-refractivity contribution >= 4 is 0 Å². The number of rotatable bonds is 1. The predicted molar refractivity (Wildman–Crippen MR) is 32.0 cm³/mol. The van der Waals surface area contributed by atoms with Crippen molar-refractivity contribution in [3.05, 3.63) is 0 Å². The Bertz CT molecular complexity index is 123. The Morgan fingerprint density at radius 1 is 1.75 bits per heavy atom. The van der Waals surface area contributed by atoms with E-state index in [0.717, 1.165) is 11.8 Å². The first-order valence-electron chi connectivity index (χ1n) is 3.15. The van der Waals surface area contributed by atoms with Crippen LogP contribution in [-0.4, -0.2) is 0 Å². The van der Waals surface area contributed by atoms with Crippen LogP contribution < -0.4 is 0 Å². The van der Waals surface area contributed by atoms with Crippen molar-refractivity contribution in [3.63, 3.8) is 0 Å². The maximum absolute atomic E-state index is 8.41. The van der Waals surface area contributed by atoms with Crippen LogP contribution in [0.25, 0.3) is 0 Å². The fourth-order valence-electron chi connectivity index (χ4n) is 1.14. The molecule has 8 heavy (non-hydrogen) atoms. The highest BCUT2D eigenvalue weighted by Gasteiger charge is 2.36. The Labute approximate surface area is 50.3 Å². The van der Waals surface area contributed by atoms with Crippen molar-refractivity contribution in [3.8, 4) is 6.07 Å². The van der Waals surface area contributed by atoms with Gasteiger partial charge >= 0.3 is 0 Å². The van der Waals surface area contributed by atoms with E-state index >= 15 is 0 Å². The number of hydrogen-bond acceptors (Lipinski definition) is 1. The molecule has 0 saturated heterocycles. The third kappa shape index (κ3) is 0.838. The van der Waals surface area contributed by atoms with Gasteiger partial charge in [-0.2, -0.15) is 5.26 Å². The summed E-state index contributed by atoms with van der Waals surface area (Å²) in [6, 6.07) is 2.26. The summed E-state index contributed by atoms with van der Waals surface area (Å²) < 4.78 is 0. The molecule has 0 aromatic heterocycles. The number of hydrogen-bond donors (Lipinski definition) is 0. The fraction of sp³-hybridized carbons (Fsp3) is 0.857. The standard InChI is InChI=1S/C7H11N/c1-5-3-7(5)6(2)4-8/h5-7H,3H2,1-2H3. The lowest BCUT2D eigenvalue weighted by Crippen LogP contribution is -1.92. The second kappa shape index (κ2) is 1.78. The average molecular weight is 109 g/mol. The molecule has 1 aliphatic rings. The molecule has 1 heteroatoms. The molecule has 0 spiro atoms. The summed E-state index contributed by atoms with van der Waals surface area (Å²) in [5.74, 6) is 1.84. The van der Waals surface area contributed by atoms with E-state index < -0.39 is 0 Å². The summed E-state index contributed by atoms with van der Waals surface area (Å²) in [4.78, 5) is 0. The first-order chi connectivity index (χ1) is 3.75. The van der Waals surface area contributed by atoms with E-state index in [0.29, 0.717) is 5.92 Å². The van der Waals surface area contributed by atoms with E-state index in [1.165, 1.54) is 6.42 Å². The lowest BCUT2D eigenvalue weighted by Gasteiger charge is -1.93. The Hall–Kier alpha value is -0.510. The molecule has 0 aromatic carbocycles. The molecular formula is C7H11N. The zero-order chi connectivity index (χ0) is 6.15. The molecule has 0 amide bonds. The minimum Gasteiger partial charge on any atom is -0.198 e. The minimum atomic E-state index is 0.296. The van der Waals surface area contributed by atoms with Gasteiger partial charge in [-0.15, -0.1) is 0 Å². The monoisotopic (exact) mass is 109 g/mol. The van der Waals surface area contributed by atoms with Gasteiger partial charge in [0.15, 0.2) is 0 Å². The molecule has 0 radical (unpaired) electrons. The van der Waals surface area contributed by atoms with Gasteiger partial charge in [0.2, 0.25) is 0 Å². The van der Waals surface area contributed by atoms with Gasteiger partial charge in [-0.05, 0) is 25.2 Å². The molecule has 3 atom stereocenters. The van der Waals surface area contributed by atoms with E-state index in [2.05, 4.69) is 13.0 Å². The maximum atomic E-state index is 8.41. The molecule has 0 aromatic rings. The predicted octanol–water partition coefficient (Wildman–Crippen LogP) is 1.80. The van der Waals surface area contributed by atoms with Gasteiger partial charge in [-0.1, -0.05) is 6.92 Å². The zero-order valence-electron chi connectivity index (χ0n) is 5.39. The van der Waals surface area contributed by atoms with Crippen molar-refractivity contribution in [2.45, 2.75) is 20.3 Å². The molecule has 0 aliphatic heterocycles. The molecule has 0 N–H and O–H groups in total. The van der Waals surface area contributed by atoms with Gasteiger partial charge in [-0.25, -0.2) is 0 Å². The topological polar surface area (TPSA) is 23.8 Å². The molecule has 1 fully saturated rings. The van der Waals surface area contributed by atoms with Crippen molar-refractivity contribution < 1.29 is 0 Å². The van der Waals surface area contributed by atoms with Gasteiger partial charge in [0.25, 0.3) is 0 Å². The van der Waals surface area contributed by atoms with Crippen LogP contribution >= 0.6 is 0 Å². The van der Waals surface area contributed by atoms with Crippen LogP contribution in [0.5, 0.6) is 0 Å². The molecule has 44 valence electrons. The molecule has 1 saturated carbocycles. The van der Waals surface area contributed by atoms with E-state index in [9.17, 15) is 0 Å². The maximum Gasteiger partial charge on any atom is 0.0655 e. The van der Waals surface area contributed by atoms with Crippen molar-refractivity contribution in [2.75, 3.05) is 0 Å². The lowest BCUT2D eigenvalue weighted by molar-refractivity contribution is 0.598. The van der Waals surface area contributed by atoms with Crippen LogP contribution in [0.3, 0.4) is 0 Å². The van der Waals surface area contributed by atoms with Crippen LogP contribution in [0, 0.1) is 29.1 Å². The van der Waals surface area contributed by atoms with Crippen LogP contribution in [0.1, 0.15) is 20.3 Å². The summed E-state index contributed by atoms with van der Waals surface area (Å²) >= 11 is 0. The largest absolute Gasteiger partial charge is 0.198 e. The zero-order valence-corrected chi connectivity index (χ0v) is 5.39. The molecule has 1 nitrogen and oxygen atoms in total. The molecule has 1 aliphatic carbocycles. The smallest absolute Gasteiger partial charge is 0.0655 e. The Balaban J connectivity index is 2.31. The third-order valence-electron chi connectivity index (χ3n) is 2.02. The normalized spacial score (nSPS) is 38.1. The number of nitriles is 1. The van der Waals surface area contributed by atoms with Crippen molar-refractivity contribution in [2.24, 2.45) is 17.8 Å². The molecule has 3 unspecified atom stereocenters. The molecule has 1 rings (SSSR count). The second-order valence-corrected chi connectivity index (χ2v) is 2.79. The van der Waals surface area contributed by atoms with E-state index in [1.54, 1.807) is 0 Å². The van der Waals surface area contributed by atoms with Crippen molar-refractivity contribution in [1.82, 2.24) is 0 Å². The highest BCUT2D eigenvalue weighted by Crippen LogP contribution is 2.43. The van der Waals surface area contributed by atoms with Gasteiger partial charge < -0.3 is 0 Å². The third-order valence-corrected chi connectivity index (χ3v) is 2.02. The summed E-state index contributed by atoms with van der Waals surface area (Å²) in [5, 5.41) is 8.41. The van der Waals surface area contributed by atoms with E-state index in [4.69, 9.17) is 5.26 Å². The van der Waals surface area contributed by atoms with E-state index in [1.807, 2.05) is 6.92 Å². The van der Waals surface area contributed by atoms with Crippen LogP contribution in [-0.2, 0) is 0 Å². The van der Waals surface area contributed by atoms with Gasteiger partial charge in [-0.3, -0.25) is 0 Å². The van der Waals surface area contributed by atoms with Crippen molar-refractivity contribution in [1.29, 1.82) is 5.26 Å².